The van der Waals surface area contributed by atoms with E-state index in [1.165, 1.54) is 0 Å². The highest BCUT2D eigenvalue weighted by Gasteiger charge is 2.24. The maximum absolute atomic E-state index is 12.6. The highest BCUT2D eigenvalue weighted by atomic mass is 16.2. The van der Waals surface area contributed by atoms with Crippen LogP contribution < -0.4 is 0 Å². The minimum atomic E-state index is 0.0937. The van der Waals surface area contributed by atoms with Crippen molar-refractivity contribution in [3.63, 3.8) is 0 Å². The number of amides is 1. The van der Waals surface area contributed by atoms with E-state index in [2.05, 4.69) is 11.9 Å². The van der Waals surface area contributed by atoms with Gasteiger partial charge in [0, 0.05) is 36.6 Å². The Kier molecular flexibility index (Phi) is 3.37. The van der Waals surface area contributed by atoms with Crippen molar-refractivity contribution in [3.8, 4) is 5.69 Å². The zero-order chi connectivity index (χ0) is 15.8. The van der Waals surface area contributed by atoms with Crippen molar-refractivity contribution in [1.82, 2.24) is 14.5 Å². The van der Waals surface area contributed by atoms with Crippen molar-refractivity contribution in [1.29, 1.82) is 0 Å². The van der Waals surface area contributed by atoms with Crippen molar-refractivity contribution in [2.24, 2.45) is 5.92 Å². The number of rotatable bonds is 2. The highest BCUT2D eigenvalue weighted by molar-refractivity contribution is 5.97. The van der Waals surface area contributed by atoms with Gasteiger partial charge >= 0.3 is 0 Å². The third-order valence-corrected chi connectivity index (χ3v) is 4.52. The summed E-state index contributed by atoms with van der Waals surface area (Å²) in [5, 5.41) is 0.993. The van der Waals surface area contributed by atoms with Gasteiger partial charge in [-0.2, -0.15) is 0 Å². The van der Waals surface area contributed by atoms with Crippen LogP contribution in [0.2, 0.25) is 0 Å². The van der Waals surface area contributed by atoms with Gasteiger partial charge in [0.15, 0.2) is 0 Å². The van der Waals surface area contributed by atoms with Gasteiger partial charge in [0.1, 0.15) is 5.65 Å². The van der Waals surface area contributed by atoms with Gasteiger partial charge < -0.3 is 9.47 Å². The lowest BCUT2D eigenvalue weighted by Crippen LogP contribution is -2.28. The highest BCUT2D eigenvalue weighted by Crippen LogP contribution is 2.22. The normalized spacial score (nSPS) is 17.8. The number of likely N-dealkylation sites (tertiary alicyclic amines) is 1. The first-order chi connectivity index (χ1) is 11.2. The number of carbonyl (C=O) groups is 1. The van der Waals surface area contributed by atoms with E-state index in [1.54, 1.807) is 6.20 Å². The average molecular weight is 305 g/mol. The van der Waals surface area contributed by atoms with Crippen LogP contribution in [-0.2, 0) is 0 Å². The molecule has 1 amide bonds. The first-order valence-corrected chi connectivity index (χ1v) is 8.04. The van der Waals surface area contributed by atoms with Gasteiger partial charge in [-0.15, -0.1) is 0 Å². The summed E-state index contributed by atoms with van der Waals surface area (Å²) in [7, 11) is 0. The summed E-state index contributed by atoms with van der Waals surface area (Å²) in [6.45, 7) is 3.89. The first kappa shape index (κ1) is 14.0. The van der Waals surface area contributed by atoms with Crippen LogP contribution in [0.3, 0.4) is 0 Å². The smallest absolute Gasteiger partial charge is 0.255 e. The maximum Gasteiger partial charge on any atom is 0.255 e. The van der Waals surface area contributed by atoms with Crippen LogP contribution in [0, 0.1) is 5.92 Å². The molecular formula is C19H19N3O. The fourth-order valence-electron chi connectivity index (χ4n) is 3.24. The van der Waals surface area contributed by atoms with Crippen molar-refractivity contribution >= 4 is 16.9 Å². The van der Waals surface area contributed by atoms with Gasteiger partial charge in [0.2, 0.25) is 0 Å². The monoisotopic (exact) mass is 305 g/mol. The van der Waals surface area contributed by atoms with E-state index in [0.717, 1.165) is 36.2 Å². The SMILES string of the molecule is C[C@@H]1CCN(C(=O)c2cnc3c(ccn3-c3ccccc3)c2)C1. The minimum Gasteiger partial charge on any atom is -0.338 e. The Bertz CT molecular complexity index is 853. The average Bonchev–Trinajstić information content (AvgIpc) is 3.20. The molecule has 1 aromatic carbocycles. The van der Waals surface area contributed by atoms with Gasteiger partial charge in [0.05, 0.1) is 5.56 Å². The molecule has 4 rings (SSSR count). The Hall–Kier alpha value is -2.62. The molecule has 0 bridgehead atoms. The van der Waals surface area contributed by atoms with E-state index in [0.29, 0.717) is 11.5 Å². The summed E-state index contributed by atoms with van der Waals surface area (Å²) in [6.07, 6.45) is 4.79. The molecule has 23 heavy (non-hydrogen) atoms. The fraction of sp³-hybridized carbons (Fsp3) is 0.263. The fourth-order valence-corrected chi connectivity index (χ4v) is 3.24. The summed E-state index contributed by atoms with van der Waals surface area (Å²) < 4.78 is 2.04. The molecule has 0 aliphatic carbocycles. The number of carbonyl (C=O) groups excluding carboxylic acids is 1. The molecule has 3 aromatic rings. The summed E-state index contributed by atoms with van der Waals surface area (Å²) in [5.74, 6) is 0.686. The zero-order valence-corrected chi connectivity index (χ0v) is 13.1. The standard InChI is InChI=1S/C19H19N3O/c1-14-7-9-21(13-14)19(23)16-11-15-8-10-22(18(15)20-12-16)17-5-3-2-4-6-17/h2-6,8,10-12,14H,7,9,13H2,1H3/t14-/m1/s1. The van der Waals surface area contributed by atoms with Gasteiger partial charge in [-0.3, -0.25) is 4.79 Å². The largest absolute Gasteiger partial charge is 0.338 e. The quantitative estimate of drug-likeness (QED) is 0.726. The van der Waals surface area contributed by atoms with Gasteiger partial charge in [0.25, 0.3) is 5.91 Å². The molecule has 0 saturated carbocycles. The molecule has 1 aliphatic heterocycles. The second kappa shape index (κ2) is 5.54. The number of pyridine rings is 1. The summed E-state index contributed by atoms with van der Waals surface area (Å²) in [4.78, 5) is 19.1. The molecule has 1 aliphatic rings. The van der Waals surface area contributed by atoms with E-state index in [-0.39, 0.29) is 5.91 Å². The van der Waals surface area contributed by atoms with E-state index >= 15 is 0 Å². The Morgan fingerprint density at radius 3 is 2.78 bits per heavy atom. The van der Waals surface area contributed by atoms with Crippen LogP contribution in [-0.4, -0.2) is 33.4 Å². The van der Waals surface area contributed by atoms with Crippen molar-refractivity contribution in [2.75, 3.05) is 13.1 Å². The predicted molar refractivity (Wildman–Crippen MR) is 90.8 cm³/mol. The minimum absolute atomic E-state index is 0.0937. The molecule has 116 valence electrons. The number of para-hydroxylation sites is 1. The predicted octanol–water partition coefficient (Wildman–Crippen LogP) is 3.51. The number of hydrogen-bond acceptors (Lipinski definition) is 2. The van der Waals surface area contributed by atoms with Crippen molar-refractivity contribution < 1.29 is 4.79 Å². The number of fused-ring (bicyclic) bond motifs is 1. The lowest BCUT2D eigenvalue weighted by Gasteiger charge is -2.15. The Morgan fingerprint density at radius 1 is 1.22 bits per heavy atom. The summed E-state index contributed by atoms with van der Waals surface area (Å²) in [5.41, 5.74) is 2.63. The molecule has 0 unspecified atom stereocenters. The molecule has 3 heterocycles. The van der Waals surface area contributed by atoms with Crippen LogP contribution >= 0.6 is 0 Å². The van der Waals surface area contributed by atoms with Gasteiger partial charge in [-0.25, -0.2) is 4.98 Å². The molecule has 0 radical (unpaired) electrons. The molecular weight excluding hydrogens is 286 g/mol. The van der Waals surface area contributed by atoms with Crippen molar-refractivity contribution in [2.45, 2.75) is 13.3 Å². The van der Waals surface area contributed by atoms with Crippen LogP contribution in [0.5, 0.6) is 0 Å². The number of nitrogens with zero attached hydrogens (tertiary/aromatic N) is 3. The summed E-state index contributed by atoms with van der Waals surface area (Å²) in [6, 6.07) is 14.1. The molecule has 1 atom stereocenters. The van der Waals surface area contributed by atoms with E-state index in [4.69, 9.17) is 0 Å². The van der Waals surface area contributed by atoms with Crippen molar-refractivity contribution in [3.05, 3.63) is 60.4 Å². The molecule has 4 heteroatoms. The van der Waals surface area contributed by atoms with Crippen LogP contribution in [0.1, 0.15) is 23.7 Å². The van der Waals surface area contributed by atoms with E-state index in [9.17, 15) is 4.79 Å². The Labute approximate surface area is 135 Å². The first-order valence-electron chi connectivity index (χ1n) is 8.04. The molecule has 4 nitrogen and oxygen atoms in total. The lowest BCUT2D eigenvalue weighted by molar-refractivity contribution is 0.0788. The second-order valence-electron chi connectivity index (χ2n) is 6.30. The topological polar surface area (TPSA) is 38.1 Å². The Balaban J connectivity index is 1.69. The molecule has 1 saturated heterocycles. The molecule has 0 N–H and O–H groups in total. The third kappa shape index (κ3) is 2.50. The number of benzene rings is 1. The van der Waals surface area contributed by atoms with E-state index in [1.807, 2.05) is 58.1 Å². The van der Waals surface area contributed by atoms with Gasteiger partial charge in [-0.05, 0) is 36.6 Å². The van der Waals surface area contributed by atoms with Crippen LogP contribution in [0.15, 0.2) is 54.9 Å². The molecule has 0 spiro atoms. The Morgan fingerprint density at radius 2 is 2.04 bits per heavy atom. The van der Waals surface area contributed by atoms with Gasteiger partial charge in [-0.1, -0.05) is 25.1 Å². The molecule has 2 aromatic heterocycles. The maximum atomic E-state index is 12.6. The number of hydrogen-bond donors (Lipinski definition) is 0. The summed E-state index contributed by atoms with van der Waals surface area (Å²) >= 11 is 0. The zero-order valence-electron chi connectivity index (χ0n) is 13.1. The third-order valence-electron chi connectivity index (χ3n) is 4.52. The number of aromatic nitrogens is 2. The van der Waals surface area contributed by atoms with E-state index < -0.39 is 0 Å². The van der Waals surface area contributed by atoms with Crippen LogP contribution in [0.4, 0.5) is 0 Å². The van der Waals surface area contributed by atoms with Crippen LogP contribution in [0.25, 0.3) is 16.7 Å². The lowest BCUT2D eigenvalue weighted by atomic mass is 10.2. The second-order valence-corrected chi connectivity index (χ2v) is 6.30. The molecule has 1 fully saturated rings.